The Morgan fingerprint density at radius 3 is 2.88 bits per heavy atom. The maximum absolute atomic E-state index is 12.1. The molecular formula is C16H18N4O3S. The van der Waals surface area contributed by atoms with Crippen molar-refractivity contribution in [2.75, 3.05) is 19.6 Å². The summed E-state index contributed by atoms with van der Waals surface area (Å²) in [5, 5.41) is 19.3. The van der Waals surface area contributed by atoms with E-state index in [4.69, 9.17) is 0 Å². The minimum atomic E-state index is -0.440. The van der Waals surface area contributed by atoms with Crippen molar-refractivity contribution in [3.8, 4) is 10.6 Å². The Balaban J connectivity index is 1.57. The summed E-state index contributed by atoms with van der Waals surface area (Å²) in [5.41, 5.74) is 1.19. The van der Waals surface area contributed by atoms with Crippen LogP contribution in [-0.2, 0) is 0 Å². The van der Waals surface area contributed by atoms with Gasteiger partial charge < -0.3 is 10.6 Å². The standard InChI is InChI=1S/C16H18N4O3S/c21-15(18-8-6-11-5-7-17-9-11)14-10-24-16(19-14)12-1-3-13(4-2-12)20(22)23/h1-4,10-11,17H,5-9H2,(H,18,21). The van der Waals surface area contributed by atoms with Crippen molar-refractivity contribution in [1.82, 2.24) is 15.6 Å². The third-order valence-electron chi connectivity index (χ3n) is 4.06. The molecule has 1 atom stereocenters. The fraction of sp³-hybridized carbons (Fsp3) is 0.375. The number of benzene rings is 1. The number of non-ortho nitro benzene ring substituents is 1. The zero-order valence-corrected chi connectivity index (χ0v) is 13.8. The lowest BCUT2D eigenvalue weighted by Crippen LogP contribution is -2.26. The van der Waals surface area contributed by atoms with Crippen molar-refractivity contribution in [1.29, 1.82) is 0 Å². The molecule has 7 nitrogen and oxygen atoms in total. The molecule has 0 radical (unpaired) electrons. The predicted molar refractivity (Wildman–Crippen MR) is 92.1 cm³/mol. The molecule has 2 heterocycles. The number of hydrogen-bond acceptors (Lipinski definition) is 6. The maximum atomic E-state index is 12.1. The highest BCUT2D eigenvalue weighted by Gasteiger charge is 2.16. The van der Waals surface area contributed by atoms with Gasteiger partial charge in [-0.3, -0.25) is 14.9 Å². The molecule has 8 heteroatoms. The fourth-order valence-electron chi connectivity index (χ4n) is 2.68. The van der Waals surface area contributed by atoms with E-state index in [1.165, 1.54) is 23.5 Å². The SMILES string of the molecule is O=C(NCCC1CCNC1)c1csc(-c2ccc([N+](=O)[O-])cc2)n1. The Morgan fingerprint density at radius 2 is 2.21 bits per heavy atom. The van der Waals surface area contributed by atoms with E-state index in [0.717, 1.165) is 31.5 Å². The van der Waals surface area contributed by atoms with Crippen LogP contribution in [-0.4, -0.2) is 35.4 Å². The zero-order chi connectivity index (χ0) is 16.9. The van der Waals surface area contributed by atoms with Crippen LogP contribution in [0, 0.1) is 16.0 Å². The molecule has 0 bridgehead atoms. The number of carbonyl (C=O) groups is 1. The van der Waals surface area contributed by atoms with Crippen LogP contribution < -0.4 is 10.6 Å². The van der Waals surface area contributed by atoms with E-state index in [1.807, 2.05) is 0 Å². The lowest BCUT2D eigenvalue weighted by atomic mass is 10.1. The summed E-state index contributed by atoms with van der Waals surface area (Å²) in [5.74, 6) is 0.460. The lowest BCUT2D eigenvalue weighted by Gasteiger charge is -2.08. The number of carbonyl (C=O) groups excluding carboxylic acids is 1. The second-order valence-electron chi connectivity index (χ2n) is 5.75. The van der Waals surface area contributed by atoms with Gasteiger partial charge in [0.05, 0.1) is 4.92 Å². The summed E-state index contributed by atoms with van der Waals surface area (Å²) >= 11 is 1.35. The number of amides is 1. The molecule has 1 fully saturated rings. The van der Waals surface area contributed by atoms with Crippen LogP contribution in [0.4, 0.5) is 5.69 Å². The van der Waals surface area contributed by atoms with Gasteiger partial charge in [0.2, 0.25) is 0 Å². The molecule has 24 heavy (non-hydrogen) atoms. The fourth-order valence-corrected chi connectivity index (χ4v) is 3.48. The molecule has 1 amide bonds. The smallest absolute Gasteiger partial charge is 0.270 e. The van der Waals surface area contributed by atoms with Crippen LogP contribution in [0.3, 0.4) is 0 Å². The summed E-state index contributed by atoms with van der Waals surface area (Å²) in [4.78, 5) is 26.7. The molecule has 1 unspecified atom stereocenters. The molecule has 1 aliphatic heterocycles. The number of rotatable bonds is 6. The largest absolute Gasteiger partial charge is 0.351 e. The van der Waals surface area contributed by atoms with Crippen molar-refractivity contribution in [2.24, 2.45) is 5.92 Å². The number of nitrogens with zero attached hydrogens (tertiary/aromatic N) is 2. The molecule has 3 rings (SSSR count). The van der Waals surface area contributed by atoms with Gasteiger partial charge in [-0.2, -0.15) is 0 Å². The molecule has 2 aromatic rings. The van der Waals surface area contributed by atoms with Gasteiger partial charge in [-0.1, -0.05) is 0 Å². The van der Waals surface area contributed by atoms with Crippen LogP contribution in [0.5, 0.6) is 0 Å². The van der Waals surface area contributed by atoms with Crippen LogP contribution in [0.2, 0.25) is 0 Å². The van der Waals surface area contributed by atoms with E-state index in [1.54, 1.807) is 17.5 Å². The van der Waals surface area contributed by atoms with Crippen LogP contribution >= 0.6 is 11.3 Å². The van der Waals surface area contributed by atoms with Crippen molar-refractivity contribution >= 4 is 22.9 Å². The van der Waals surface area contributed by atoms with E-state index < -0.39 is 4.92 Å². The summed E-state index contributed by atoms with van der Waals surface area (Å²) in [6.45, 7) is 2.73. The first-order chi connectivity index (χ1) is 11.6. The predicted octanol–water partition coefficient (Wildman–Crippen LogP) is 2.45. The van der Waals surface area contributed by atoms with Gasteiger partial charge >= 0.3 is 0 Å². The highest BCUT2D eigenvalue weighted by atomic mass is 32.1. The Bertz CT molecular complexity index is 723. The second-order valence-corrected chi connectivity index (χ2v) is 6.60. The van der Waals surface area contributed by atoms with Gasteiger partial charge in [-0.25, -0.2) is 4.98 Å². The number of nitro benzene ring substituents is 1. The Morgan fingerprint density at radius 1 is 1.42 bits per heavy atom. The third kappa shape index (κ3) is 3.95. The quantitative estimate of drug-likeness (QED) is 0.618. The number of thiazole rings is 1. The van der Waals surface area contributed by atoms with Gasteiger partial charge in [0, 0.05) is 29.6 Å². The van der Waals surface area contributed by atoms with E-state index in [0.29, 0.717) is 23.2 Å². The number of nitro groups is 1. The van der Waals surface area contributed by atoms with Crippen molar-refractivity contribution in [3.05, 3.63) is 45.5 Å². The van der Waals surface area contributed by atoms with E-state index in [-0.39, 0.29) is 11.6 Å². The van der Waals surface area contributed by atoms with Crippen LogP contribution in [0.25, 0.3) is 10.6 Å². The first-order valence-electron chi connectivity index (χ1n) is 7.83. The third-order valence-corrected chi connectivity index (χ3v) is 4.95. The molecule has 0 spiro atoms. The molecule has 2 N–H and O–H groups in total. The molecule has 1 aliphatic rings. The number of nitrogens with one attached hydrogen (secondary N) is 2. The summed E-state index contributed by atoms with van der Waals surface area (Å²) < 4.78 is 0. The van der Waals surface area contributed by atoms with E-state index in [2.05, 4.69) is 15.6 Å². The van der Waals surface area contributed by atoms with Crippen molar-refractivity contribution in [2.45, 2.75) is 12.8 Å². The summed E-state index contributed by atoms with van der Waals surface area (Å²) in [7, 11) is 0. The van der Waals surface area contributed by atoms with Gasteiger partial charge in [-0.15, -0.1) is 11.3 Å². The topological polar surface area (TPSA) is 97.2 Å². The number of aromatic nitrogens is 1. The zero-order valence-electron chi connectivity index (χ0n) is 13.0. The Labute approximate surface area is 143 Å². The first kappa shape index (κ1) is 16.5. The maximum Gasteiger partial charge on any atom is 0.270 e. The molecule has 0 aliphatic carbocycles. The van der Waals surface area contributed by atoms with Crippen LogP contribution in [0.15, 0.2) is 29.6 Å². The Kier molecular flexibility index (Phi) is 5.17. The first-order valence-corrected chi connectivity index (χ1v) is 8.71. The second kappa shape index (κ2) is 7.50. The Hall–Kier alpha value is -2.32. The monoisotopic (exact) mass is 346 g/mol. The van der Waals surface area contributed by atoms with Gasteiger partial charge in [0.25, 0.3) is 11.6 Å². The molecule has 1 saturated heterocycles. The van der Waals surface area contributed by atoms with Crippen molar-refractivity contribution in [3.63, 3.8) is 0 Å². The van der Waals surface area contributed by atoms with Gasteiger partial charge in [0.1, 0.15) is 10.7 Å². The lowest BCUT2D eigenvalue weighted by molar-refractivity contribution is -0.384. The summed E-state index contributed by atoms with van der Waals surface area (Å²) in [6.07, 6.45) is 2.13. The van der Waals surface area contributed by atoms with Gasteiger partial charge in [-0.05, 0) is 44.0 Å². The molecule has 1 aromatic heterocycles. The normalized spacial score (nSPS) is 16.9. The highest BCUT2D eigenvalue weighted by molar-refractivity contribution is 7.13. The minimum Gasteiger partial charge on any atom is -0.351 e. The van der Waals surface area contributed by atoms with E-state index in [9.17, 15) is 14.9 Å². The summed E-state index contributed by atoms with van der Waals surface area (Å²) in [6, 6.07) is 6.16. The molecule has 1 aromatic carbocycles. The number of hydrogen-bond donors (Lipinski definition) is 2. The minimum absolute atomic E-state index is 0.0367. The highest BCUT2D eigenvalue weighted by Crippen LogP contribution is 2.25. The van der Waals surface area contributed by atoms with Crippen molar-refractivity contribution < 1.29 is 9.72 Å². The van der Waals surface area contributed by atoms with E-state index >= 15 is 0 Å². The average Bonchev–Trinajstić information content (AvgIpc) is 3.26. The van der Waals surface area contributed by atoms with Gasteiger partial charge in [0.15, 0.2) is 0 Å². The van der Waals surface area contributed by atoms with Crippen LogP contribution in [0.1, 0.15) is 23.3 Å². The molecule has 126 valence electrons. The molecular weight excluding hydrogens is 328 g/mol. The average molecular weight is 346 g/mol. The molecule has 0 saturated carbocycles.